The molecule has 8 nitrogen and oxygen atoms in total. The average Bonchev–Trinajstić information content (AvgIpc) is 3.06. The van der Waals surface area contributed by atoms with Gasteiger partial charge in [0.1, 0.15) is 11.0 Å². The molecule has 1 aromatic heterocycles. The van der Waals surface area contributed by atoms with Crippen LogP contribution in [0.1, 0.15) is 37.8 Å². The number of benzene rings is 2. The van der Waals surface area contributed by atoms with Crippen molar-refractivity contribution in [2.24, 2.45) is 9.98 Å². The lowest BCUT2D eigenvalue weighted by molar-refractivity contribution is -0.384. The van der Waals surface area contributed by atoms with E-state index >= 15 is 0 Å². The minimum absolute atomic E-state index is 0.00806. The number of nitrogens with zero attached hydrogens (tertiary/aromatic N) is 5. The summed E-state index contributed by atoms with van der Waals surface area (Å²) in [5.74, 6) is 0. The van der Waals surface area contributed by atoms with Crippen LogP contribution < -0.4 is 16.0 Å². The van der Waals surface area contributed by atoms with Gasteiger partial charge in [-0.15, -0.1) is 0 Å². The van der Waals surface area contributed by atoms with Gasteiger partial charge in [0.15, 0.2) is 5.66 Å². The summed E-state index contributed by atoms with van der Waals surface area (Å²) in [5, 5.41) is 25.5. The predicted octanol–water partition coefficient (Wildman–Crippen LogP) is 3.50. The molecule has 1 saturated carbocycles. The predicted molar refractivity (Wildman–Crippen MR) is 109 cm³/mol. The quantitative estimate of drug-likeness (QED) is 0.546. The van der Waals surface area contributed by atoms with Crippen LogP contribution in [0.2, 0.25) is 0 Å². The van der Waals surface area contributed by atoms with Crippen LogP contribution in [0.5, 0.6) is 0 Å². The fourth-order valence-electron chi connectivity index (χ4n) is 4.25. The zero-order valence-corrected chi connectivity index (χ0v) is 16.1. The summed E-state index contributed by atoms with van der Waals surface area (Å²) in [7, 11) is 0. The molecule has 146 valence electrons. The summed E-state index contributed by atoms with van der Waals surface area (Å²) in [4.78, 5) is 21.2. The molecule has 0 saturated heterocycles. The topological polar surface area (TPSA) is 106 Å². The van der Waals surface area contributed by atoms with Gasteiger partial charge in [0.2, 0.25) is 0 Å². The van der Waals surface area contributed by atoms with E-state index in [1.165, 1.54) is 12.5 Å². The van der Waals surface area contributed by atoms with Crippen molar-refractivity contribution in [3.63, 3.8) is 0 Å². The Morgan fingerprint density at radius 3 is 2.69 bits per heavy atom. The number of aryl methyl sites for hydroxylation is 1. The highest BCUT2D eigenvalue weighted by molar-refractivity contribution is 5.93. The number of nitro groups is 1. The van der Waals surface area contributed by atoms with Gasteiger partial charge in [-0.05, 0) is 56.9 Å². The van der Waals surface area contributed by atoms with E-state index in [0.29, 0.717) is 11.0 Å². The van der Waals surface area contributed by atoms with Crippen LogP contribution in [0.15, 0.2) is 46.4 Å². The molecule has 0 unspecified atom stereocenters. The van der Waals surface area contributed by atoms with E-state index in [2.05, 4.69) is 15.5 Å². The SMILES string of the molecule is Cc1cc2c(Nc3c([N+](=O)[O-])ccc4c3=NC3(CCCCC3)N=4)cccc2nn1. The molecule has 29 heavy (non-hydrogen) atoms. The lowest BCUT2D eigenvalue weighted by Gasteiger charge is -2.27. The van der Waals surface area contributed by atoms with Crippen molar-refractivity contribution in [3.8, 4) is 0 Å². The molecule has 0 bridgehead atoms. The number of hydrogen-bond donors (Lipinski definition) is 1. The normalized spacial score (nSPS) is 16.9. The second kappa shape index (κ2) is 6.58. The molecule has 2 aliphatic rings. The van der Waals surface area contributed by atoms with Gasteiger partial charge in [0.25, 0.3) is 5.69 Å². The van der Waals surface area contributed by atoms with Crippen LogP contribution in [-0.2, 0) is 0 Å². The summed E-state index contributed by atoms with van der Waals surface area (Å²) < 4.78 is 0. The van der Waals surface area contributed by atoms with Gasteiger partial charge in [-0.2, -0.15) is 10.2 Å². The largest absolute Gasteiger partial charge is 0.348 e. The van der Waals surface area contributed by atoms with Crippen LogP contribution in [0.3, 0.4) is 0 Å². The maximum absolute atomic E-state index is 11.8. The van der Waals surface area contributed by atoms with E-state index in [4.69, 9.17) is 9.98 Å². The highest BCUT2D eigenvalue weighted by Crippen LogP contribution is 2.35. The molecule has 0 radical (unpaired) electrons. The van der Waals surface area contributed by atoms with E-state index in [9.17, 15) is 10.1 Å². The second-order valence-corrected chi connectivity index (χ2v) is 7.70. The maximum Gasteiger partial charge on any atom is 0.295 e. The Labute approximate surface area is 166 Å². The van der Waals surface area contributed by atoms with Crippen LogP contribution in [0.4, 0.5) is 17.1 Å². The molecule has 0 atom stereocenters. The van der Waals surface area contributed by atoms with E-state index in [1.807, 2.05) is 31.2 Å². The Balaban J connectivity index is 1.70. The minimum atomic E-state index is -0.465. The lowest BCUT2D eigenvalue weighted by Crippen LogP contribution is -2.26. The number of rotatable bonds is 3. The number of anilines is 2. The zero-order valence-electron chi connectivity index (χ0n) is 16.1. The van der Waals surface area contributed by atoms with E-state index in [1.54, 1.807) is 6.07 Å². The summed E-state index contributed by atoms with van der Waals surface area (Å²) >= 11 is 0. The van der Waals surface area contributed by atoms with Crippen LogP contribution in [-0.4, -0.2) is 20.8 Å². The Kier molecular flexibility index (Phi) is 4.01. The molecule has 3 aromatic rings. The molecule has 8 heteroatoms. The molecule has 1 aliphatic heterocycles. The second-order valence-electron chi connectivity index (χ2n) is 7.70. The van der Waals surface area contributed by atoms with Crippen molar-refractivity contribution in [1.29, 1.82) is 0 Å². The fourth-order valence-corrected chi connectivity index (χ4v) is 4.25. The highest BCUT2D eigenvalue weighted by Gasteiger charge is 2.34. The first-order chi connectivity index (χ1) is 14.0. The summed E-state index contributed by atoms with van der Waals surface area (Å²) in [6.45, 7) is 1.87. The van der Waals surface area contributed by atoms with Gasteiger partial charge in [-0.25, -0.2) is 0 Å². The van der Waals surface area contributed by atoms with Crippen molar-refractivity contribution in [1.82, 2.24) is 10.2 Å². The molecule has 2 aromatic carbocycles. The van der Waals surface area contributed by atoms with Gasteiger partial charge >= 0.3 is 0 Å². The third kappa shape index (κ3) is 3.00. The first kappa shape index (κ1) is 17.7. The molecule has 1 N–H and O–H groups in total. The minimum Gasteiger partial charge on any atom is -0.348 e. The third-order valence-corrected chi connectivity index (χ3v) is 5.65. The summed E-state index contributed by atoms with van der Waals surface area (Å²) in [6, 6.07) is 10.8. The Bertz CT molecular complexity index is 1260. The highest BCUT2D eigenvalue weighted by atomic mass is 16.6. The van der Waals surface area contributed by atoms with Gasteiger partial charge < -0.3 is 5.32 Å². The van der Waals surface area contributed by atoms with Crippen molar-refractivity contribution < 1.29 is 4.92 Å². The van der Waals surface area contributed by atoms with Crippen LogP contribution in [0, 0.1) is 17.0 Å². The van der Waals surface area contributed by atoms with Crippen molar-refractivity contribution >= 4 is 28.0 Å². The smallest absolute Gasteiger partial charge is 0.295 e. The molecular formula is C21H20N6O2. The lowest BCUT2D eigenvalue weighted by atomic mass is 9.90. The summed E-state index contributed by atoms with van der Waals surface area (Å²) in [6.07, 6.45) is 5.11. The molecule has 5 rings (SSSR count). The Morgan fingerprint density at radius 2 is 1.90 bits per heavy atom. The van der Waals surface area contributed by atoms with Crippen LogP contribution in [0.25, 0.3) is 10.9 Å². The molecular weight excluding hydrogens is 368 g/mol. The van der Waals surface area contributed by atoms with Gasteiger partial charge in [-0.3, -0.25) is 20.1 Å². The third-order valence-electron chi connectivity index (χ3n) is 5.65. The summed E-state index contributed by atoms with van der Waals surface area (Å²) in [5.41, 5.74) is 2.15. The monoisotopic (exact) mass is 388 g/mol. The average molecular weight is 388 g/mol. The number of aromatic nitrogens is 2. The number of fused-ring (bicyclic) bond motifs is 2. The Morgan fingerprint density at radius 1 is 1.07 bits per heavy atom. The number of hydrogen-bond acceptors (Lipinski definition) is 7. The first-order valence-corrected chi connectivity index (χ1v) is 9.82. The van der Waals surface area contributed by atoms with Gasteiger partial charge in [0.05, 0.1) is 21.5 Å². The van der Waals surface area contributed by atoms with E-state index < -0.39 is 5.66 Å². The molecule has 1 aliphatic carbocycles. The van der Waals surface area contributed by atoms with E-state index in [-0.39, 0.29) is 10.6 Å². The maximum atomic E-state index is 11.8. The number of nitro benzene ring substituents is 1. The molecule has 2 heterocycles. The van der Waals surface area contributed by atoms with E-state index in [0.717, 1.165) is 53.3 Å². The van der Waals surface area contributed by atoms with Crippen LogP contribution >= 0.6 is 0 Å². The molecule has 1 spiro atoms. The molecule has 1 fully saturated rings. The fraction of sp³-hybridized carbons (Fsp3) is 0.333. The van der Waals surface area contributed by atoms with Crippen molar-refractivity contribution in [2.75, 3.05) is 5.32 Å². The zero-order chi connectivity index (χ0) is 20.0. The standard InChI is InChI=1S/C21H20N6O2/c1-13-12-14-15(6-5-7-16(14)26-25-13)22-20-18(27(28)29)9-8-17-19(20)24-21(23-17)10-3-2-4-11-21/h5-9,12,22H,2-4,10-11H2,1H3. The van der Waals surface area contributed by atoms with Crippen molar-refractivity contribution in [2.45, 2.75) is 44.7 Å². The number of nitrogens with one attached hydrogen (secondary N) is 1. The van der Waals surface area contributed by atoms with Gasteiger partial charge in [-0.1, -0.05) is 12.5 Å². The Hall–Kier alpha value is -3.42. The molecule has 0 amide bonds. The van der Waals surface area contributed by atoms with Crippen molar-refractivity contribution in [3.05, 3.63) is 62.9 Å². The first-order valence-electron chi connectivity index (χ1n) is 9.82. The van der Waals surface area contributed by atoms with Gasteiger partial charge in [0, 0.05) is 17.1 Å².